The second-order valence-corrected chi connectivity index (χ2v) is 9.37. The van der Waals surface area contributed by atoms with Crippen LogP contribution in [0.25, 0.3) is 11.8 Å². The fourth-order valence-electron chi connectivity index (χ4n) is 3.58. The summed E-state index contributed by atoms with van der Waals surface area (Å²) in [6, 6.07) is 15.1. The minimum absolute atomic E-state index is 0.255. The molecule has 0 aliphatic carbocycles. The highest BCUT2D eigenvalue weighted by Crippen LogP contribution is 2.33. The van der Waals surface area contributed by atoms with Crippen LogP contribution in [0, 0.1) is 19.7 Å². The highest BCUT2D eigenvalue weighted by molar-refractivity contribution is 9.10. The summed E-state index contributed by atoms with van der Waals surface area (Å²) in [5.41, 5.74) is 4.09. The molecule has 1 N–H and O–H groups in total. The highest BCUT2D eigenvalue weighted by atomic mass is 79.9. The van der Waals surface area contributed by atoms with Crippen molar-refractivity contribution in [2.24, 2.45) is 0 Å². The third kappa shape index (κ3) is 4.94. The SMILES string of the molecule is Cc1cc(/C=C2\SC(=O)N(CC(=O)Nc3ccc(F)cc3)C2=O)c(C)n1-c1ccc(Br)cc1. The van der Waals surface area contributed by atoms with E-state index < -0.39 is 29.4 Å². The van der Waals surface area contributed by atoms with Crippen LogP contribution in [0.5, 0.6) is 0 Å². The van der Waals surface area contributed by atoms with E-state index in [-0.39, 0.29) is 4.91 Å². The van der Waals surface area contributed by atoms with Crippen molar-refractivity contribution in [2.75, 3.05) is 11.9 Å². The number of rotatable bonds is 5. The maximum atomic E-state index is 13.0. The van der Waals surface area contributed by atoms with E-state index in [1.165, 1.54) is 24.3 Å². The number of hydrogen-bond donors (Lipinski definition) is 1. The summed E-state index contributed by atoms with van der Waals surface area (Å²) in [6.45, 7) is 3.50. The van der Waals surface area contributed by atoms with Gasteiger partial charge in [0, 0.05) is 27.2 Å². The van der Waals surface area contributed by atoms with Crippen molar-refractivity contribution in [3.63, 3.8) is 0 Å². The van der Waals surface area contributed by atoms with Crippen molar-refractivity contribution < 1.29 is 18.8 Å². The molecule has 6 nitrogen and oxygen atoms in total. The molecule has 9 heteroatoms. The minimum Gasteiger partial charge on any atom is -0.325 e. The van der Waals surface area contributed by atoms with Gasteiger partial charge in [-0.15, -0.1) is 0 Å². The zero-order valence-corrected chi connectivity index (χ0v) is 20.2. The van der Waals surface area contributed by atoms with E-state index in [1.807, 2.05) is 44.2 Å². The number of amides is 3. The van der Waals surface area contributed by atoms with E-state index in [9.17, 15) is 18.8 Å². The lowest BCUT2D eigenvalue weighted by atomic mass is 10.2. The van der Waals surface area contributed by atoms with Crippen molar-refractivity contribution in [1.29, 1.82) is 0 Å². The fraction of sp³-hybridized carbons (Fsp3) is 0.125. The molecule has 0 radical (unpaired) electrons. The minimum atomic E-state index is -0.543. The smallest absolute Gasteiger partial charge is 0.294 e. The first-order chi connectivity index (χ1) is 15.7. The van der Waals surface area contributed by atoms with Gasteiger partial charge >= 0.3 is 0 Å². The Hall–Kier alpha value is -3.17. The average Bonchev–Trinajstić information content (AvgIpc) is 3.20. The molecule has 33 heavy (non-hydrogen) atoms. The number of carbonyl (C=O) groups is 3. The largest absolute Gasteiger partial charge is 0.325 e. The first kappa shape index (κ1) is 23.0. The lowest BCUT2D eigenvalue weighted by Gasteiger charge is -2.12. The Kier molecular flexibility index (Phi) is 6.53. The van der Waals surface area contributed by atoms with Gasteiger partial charge in [-0.25, -0.2) is 4.39 Å². The number of aryl methyl sites for hydroxylation is 1. The number of carbonyl (C=O) groups excluding carboxylic acids is 3. The number of aromatic nitrogens is 1. The topological polar surface area (TPSA) is 71.4 Å². The normalized spacial score (nSPS) is 14.9. The molecule has 1 aliphatic heterocycles. The Bertz CT molecular complexity index is 1280. The molecular weight excluding hydrogens is 509 g/mol. The van der Waals surface area contributed by atoms with Crippen LogP contribution in [0.1, 0.15) is 17.0 Å². The molecule has 4 rings (SSSR count). The molecule has 0 atom stereocenters. The van der Waals surface area contributed by atoms with Crippen LogP contribution >= 0.6 is 27.7 Å². The predicted octanol–water partition coefficient (Wildman–Crippen LogP) is 5.67. The number of nitrogens with zero attached hydrogens (tertiary/aromatic N) is 2. The zero-order chi connectivity index (χ0) is 23.7. The number of benzene rings is 2. The van der Waals surface area contributed by atoms with Gasteiger partial charge in [0.05, 0.1) is 4.91 Å². The molecule has 1 fully saturated rings. The van der Waals surface area contributed by atoms with Crippen LogP contribution in [0.4, 0.5) is 14.9 Å². The molecule has 0 unspecified atom stereocenters. The predicted molar refractivity (Wildman–Crippen MR) is 131 cm³/mol. The number of imide groups is 1. The van der Waals surface area contributed by atoms with Crippen LogP contribution in [-0.4, -0.2) is 33.1 Å². The second kappa shape index (κ2) is 9.36. The summed E-state index contributed by atoms with van der Waals surface area (Å²) in [7, 11) is 0. The highest BCUT2D eigenvalue weighted by Gasteiger charge is 2.36. The monoisotopic (exact) mass is 527 g/mol. The lowest BCUT2D eigenvalue weighted by Crippen LogP contribution is -2.36. The van der Waals surface area contributed by atoms with Crippen LogP contribution in [0.3, 0.4) is 0 Å². The van der Waals surface area contributed by atoms with Crippen LogP contribution in [0.2, 0.25) is 0 Å². The third-order valence-electron chi connectivity index (χ3n) is 5.14. The molecular formula is C24H19BrFN3O3S. The number of hydrogen-bond acceptors (Lipinski definition) is 4. The molecule has 2 heterocycles. The van der Waals surface area contributed by atoms with E-state index in [0.29, 0.717) is 5.69 Å². The first-order valence-electron chi connectivity index (χ1n) is 9.98. The van der Waals surface area contributed by atoms with Crippen molar-refractivity contribution in [3.8, 4) is 5.69 Å². The molecule has 0 bridgehead atoms. The average molecular weight is 528 g/mol. The Labute approximate surface area is 202 Å². The van der Waals surface area contributed by atoms with Gasteiger partial charge in [-0.2, -0.15) is 0 Å². The summed E-state index contributed by atoms with van der Waals surface area (Å²) in [4.78, 5) is 38.7. The standard InChI is InChI=1S/C24H19BrFN3O3S/c1-14-11-16(15(2)29(14)20-9-3-17(25)4-10-20)12-21-23(31)28(24(32)33-21)13-22(30)27-19-7-5-18(26)6-8-19/h3-12H,13H2,1-2H3,(H,27,30)/b21-12-. The quantitative estimate of drug-likeness (QED) is 0.434. The Morgan fingerprint density at radius 3 is 2.42 bits per heavy atom. The number of nitrogens with one attached hydrogen (secondary N) is 1. The van der Waals surface area contributed by atoms with E-state index in [4.69, 9.17) is 0 Å². The summed E-state index contributed by atoms with van der Waals surface area (Å²) in [6.07, 6.45) is 1.68. The van der Waals surface area contributed by atoms with Gasteiger partial charge in [0.2, 0.25) is 5.91 Å². The molecule has 1 saturated heterocycles. The van der Waals surface area contributed by atoms with Gasteiger partial charge < -0.3 is 9.88 Å². The molecule has 0 saturated carbocycles. The molecule has 0 spiro atoms. The van der Waals surface area contributed by atoms with Gasteiger partial charge in [-0.1, -0.05) is 15.9 Å². The van der Waals surface area contributed by atoms with Crippen LogP contribution < -0.4 is 5.32 Å². The number of anilines is 1. The molecule has 1 aliphatic rings. The first-order valence-corrected chi connectivity index (χ1v) is 11.6. The van der Waals surface area contributed by atoms with E-state index in [0.717, 1.165) is 43.8 Å². The fourth-order valence-corrected chi connectivity index (χ4v) is 4.67. The summed E-state index contributed by atoms with van der Waals surface area (Å²) < 4.78 is 16.1. The zero-order valence-electron chi connectivity index (χ0n) is 17.8. The van der Waals surface area contributed by atoms with E-state index >= 15 is 0 Å². The van der Waals surface area contributed by atoms with E-state index in [2.05, 4.69) is 25.8 Å². The molecule has 168 valence electrons. The van der Waals surface area contributed by atoms with Crippen LogP contribution in [-0.2, 0) is 9.59 Å². The van der Waals surface area contributed by atoms with Crippen molar-refractivity contribution in [3.05, 3.63) is 86.7 Å². The van der Waals surface area contributed by atoms with Crippen LogP contribution in [0.15, 0.2) is 64.0 Å². The third-order valence-corrected chi connectivity index (χ3v) is 6.58. The molecule has 2 aromatic carbocycles. The van der Waals surface area contributed by atoms with Gasteiger partial charge in [-0.05, 0) is 91.8 Å². The molecule has 1 aromatic heterocycles. The lowest BCUT2D eigenvalue weighted by molar-refractivity contribution is -0.127. The van der Waals surface area contributed by atoms with Crippen molar-refractivity contribution in [1.82, 2.24) is 9.47 Å². The number of halogens is 2. The van der Waals surface area contributed by atoms with Gasteiger partial charge in [0.25, 0.3) is 11.1 Å². The summed E-state index contributed by atoms with van der Waals surface area (Å²) in [5, 5.41) is 2.04. The molecule has 3 aromatic rings. The van der Waals surface area contributed by atoms with Gasteiger partial charge in [0.1, 0.15) is 12.4 Å². The van der Waals surface area contributed by atoms with Gasteiger partial charge in [0.15, 0.2) is 0 Å². The maximum absolute atomic E-state index is 13.0. The number of thioether (sulfide) groups is 1. The van der Waals surface area contributed by atoms with E-state index in [1.54, 1.807) is 6.08 Å². The van der Waals surface area contributed by atoms with Crippen molar-refractivity contribution >= 4 is 56.5 Å². The molecule has 3 amide bonds. The second-order valence-electron chi connectivity index (χ2n) is 7.46. The summed E-state index contributed by atoms with van der Waals surface area (Å²) in [5.74, 6) is -1.49. The Balaban J connectivity index is 1.52. The maximum Gasteiger partial charge on any atom is 0.294 e. The Morgan fingerprint density at radius 1 is 1.09 bits per heavy atom. The van der Waals surface area contributed by atoms with Crippen molar-refractivity contribution in [2.45, 2.75) is 13.8 Å². The summed E-state index contributed by atoms with van der Waals surface area (Å²) >= 11 is 4.24. The Morgan fingerprint density at radius 2 is 1.76 bits per heavy atom. The van der Waals surface area contributed by atoms with Gasteiger partial charge in [-0.3, -0.25) is 19.3 Å².